The average molecular weight is 314 g/mol. The number of rotatable bonds is 5. The van der Waals surface area contributed by atoms with Gasteiger partial charge in [-0.05, 0) is 43.2 Å². The Morgan fingerprint density at radius 3 is 2.48 bits per heavy atom. The summed E-state index contributed by atoms with van der Waals surface area (Å²) < 4.78 is 22.1. The molecule has 4 heteroatoms. The molecule has 0 saturated carbocycles. The van der Waals surface area contributed by atoms with E-state index < -0.39 is 0 Å². The third kappa shape index (κ3) is 2.93. The fourth-order valence-electron chi connectivity index (χ4n) is 3.01. The van der Waals surface area contributed by atoms with Gasteiger partial charge in [0, 0.05) is 17.5 Å². The van der Waals surface area contributed by atoms with Crippen LogP contribution in [0.4, 0.5) is 0 Å². The quantitative estimate of drug-likeness (QED) is 0.825. The van der Waals surface area contributed by atoms with Gasteiger partial charge in [0.1, 0.15) is 11.5 Å². The highest BCUT2D eigenvalue weighted by Gasteiger charge is 2.22. The highest BCUT2D eigenvalue weighted by atomic mass is 16.7. The van der Waals surface area contributed by atoms with Gasteiger partial charge in [0.05, 0.1) is 13.7 Å². The minimum atomic E-state index is 0.176. The molecule has 0 radical (unpaired) electrons. The summed E-state index contributed by atoms with van der Waals surface area (Å²) in [5, 5.41) is 0. The Kier molecular flexibility index (Phi) is 4.33. The molecule has 0 fully saturated rings. The van der Waals surface area contributed by atoms with E-state index in [2.05, 4.69) is 26.0 Å². The van der Waals surface area contributed by atoms with E-state index in [9.17, 15) is 0 Å². The van der Waals surface area contributed by atoms with Crippen molar-refractivity contribution in [3.05, 3.63) is 47.0 Å². The second kappa shape index (κ2) is 6.41. The van der Waals surface area contributed by atoms with Crippen molar-refractivity contribution >= 4 is 0 Å². The maximum Gasteiger partial charge on any atom is 0.231 e. The second-order valence-corrected chi connectivity index (χ2v) is 5.62. The van der Waals surface area contributed by atoms with Crippen LogP contribution in [0.15, 0.2) is 30.3 Å². The first kappa shape index (κ1) is 15.5. The zero-order valence-corrected chi connectivity index (χ0v) is 14.0. The van der Waals surface area contributed by atoms with Crippen molar-refractivity contribution in [1.29, 1.82) is 0 Å². The smallest absolute Gasteiger partial charge is 0.231 e. The molecular formula is C19H22O4. The summed E-state index contributed by atoms with van der Waals surface area (Å²) in [5.41, 5.74) is 3.53. The van der Waals surface area contributed by atoms with Crippen molar-refractivity contribution < 1.29 is 18.9 Å². The Labute approximate surface area is 136 Å². The van der Waals surface area contributed by atoms with Crippen LogP contribution >= 0.6 is 0 Å². The van der Waals surface area contributed by atoms with E-state index >= 15 is 0 Å². The van der Waals surface area contributed by atoms with Crippen LogP contribution in [0.3, 0.4) is 0 Å². The molecule has 122 valence electrons. The Hall–Kier alpha value is -2.36. The normalized spacial score (nSPS) is 13.7. The Morgan fingerprint density at radius 2 is 1.83 bits per heavy atom. The number of hydrogen-bond acceptors (Lipinski definition) is 4. The van der Waals surface area contributed by atoms with E-state index in [1.54, 1.807) is 7.11 Å². The lowest BCUT2D eigenvalue weighted by Gasteiger charge is -2.19. The van der Waals surface area contributed by atoms with Crippen molar-refractivity contribution in [1.82, 2.24) is 0 Å². The van der Waals surface area contributed by atoms with Gasteiger partial charge in [0.2, 0.25) is 6.79 Å². The Bertz CT molecular complexity index is 709. The lowest BCUT2D eigenvalue weighted by Crippen LogP contribution is -2.02. The van der Waals surface area contributed by atoms with Crippen molar-refractivity contribution in [3.8, 4) is 23.0 Å². The SMILES string of the molecule is CCOc1ccc(C(C)c2cc3c(cc2OC)OCO3)c(C)c1. The molecule has 0 saturated heterocycles. The standard InChI is InChI=1S/C19H22O4/c1-5-21-14-6-7-15(12(2)8-14)13(3)16-9-18-19(23-11-22-18)10-17(16)20-4/h6-10,13H,5,11H2,1-4H3. The Morgan fingerprint density at radius 1 is 1.09 bits per heavy atom. The largest absolute Gasteiger partial charge is 0.496 e. The zero-order chi connectivity index (χ0) is 16.4. The number of ether oxygens (including phenoxy) is 4. The molecule has 0 aliphatic carbocycles. The molecule has 23 heavy (non-hydrogen) atoms. The molecule has 2 aromatic carbocycles. The molecule has 0 N–H and O–H groups in total. The molecule has 0 spiro atoms. The first-order chi connectivity index (χ1) is 11.1. The summed E-state index contributed by atoms with van der Waals surface area (Å²) in [6.45, 7) is 7.20. The minimum absolute atomic E-state index is 0.176. The van der Waals surface area contributed by atoms with Gasteiger partial charge in [-0.25, -0.2) is 0 Å². The van der Waals surface area contributed by atoms with Crippen LogP contribution in [-0.2, 0) is 0 Å². The second-order valence-electron chi connectivity index (χ2n) is 5.62. The summed E-state index contributed by atoms with van der Waals surface area (Å²) in [5.74, 6) is 3.40. The molecule has 0 aromatic heterocycles. The Balaban J connectivity index is 1.98. The van der Waals surface area contributed by atoms with Crippen molar-refractivity contribution in [2.24, 2.45) is 0 Å². The lowest BCUT2D eigenvalue weighted by molar-refractivity contribution is 0.174. The summed E-state index contributed by atoms with van der Waals surface area (Å²) >= 11 is 0. The van der Waals surface area contributed by atoms with Gasteiger partial charge in [-0.2, -0.15) is 0 Å². The first-order valence-electron chi connectivity index (χ1n) is 7.85. The zero-order valence-electron chi connectivity index (χ0n) is 14.0. The van der Waals surface area contributed by atoms with Crippen LogP contribution in [-0.4, -0.2) is 20.5 Å². The molecule has 1 atom stereocenters. The number of fused-ring (bicyclic) bond motifs is 1. The molecular weight excluding hydrogens is 292 g/mol. The first-order valence-corrected chi connectivity index (χ1v) is 7.85. The van der Waals surface area contributed by atoms with Gasteiger partial charge in [0.25, 0.3) is 0 Å². The number of aryl methyl sites for hydroxylation is 1. The molecule has 2 aromatic rings. The molecule has 1 aliphatic rings. The van der Waals surface area contributed by atoms with Crippen molar-refractivity contribution in [2.45, 2.75) is 26.7 Å². The maximum absolute atomic E-state index is 5.57. The fourth-order valence-corrected chi connectivity index (χ4v) is 3.01. The molecule has 0 bridgehead atoms. The van der Waals surface area contributed by atoms with E-state index in [0.29, 0.717) is 6.61 Å². The van der Waals surface area contributed by atoms with Crippen molar-refractivity contribution in [2.75, 3.05) is 20.5 Å². The van der Waals surface area contributed by atoms with Crippen LogP contribution in [0.1, 0.15) is 36.5 Å². The third-order valence-electron chi connectivity index (χ3n) is 4.21. The monoisotopic (exact) mass is 314 g/mol. The van der Waals surface area contributed by atoms with Gasteiger partial charge < -0.3 is 18.9 Å². The lowest BCUT2D eigenvalue weighted by atomic mass is 9.89. The maximum atomic E-state index is 5.57. The van der Waals surface area contributed by atoms with Gasteiger partial charge in [-0.15, -0.1) is 0 Å². The van der Waals surface area contributed by atoms with E-state index in [1.807, 2.05) is 25.1 Å². The third-order valence-corrected chi connectivity index (χ3v) is 4.21. The van der Waals surface area contributed by atoms with Crippen LogP contribution in [0.2, 0.25) is 0 Å². The highest BCUT2D eigenvalue weighted by Crippen LogP contribution is 2.43. The number of hydrogen-bond donors (Lipinski definition) is 0. The fraction of sp³-hybridized carbons (Fsp3) is 0.368. The van der Waals surface area contributed by atoms with Crippen LogP contribution in [0.25, 0.3) is 0 Å². The summed E-state index contributed by atoms with van der Waals surface area (Å²) in [4.78, 5) is 0. The van der Waals surface area contributed by atoms with Gasteiger partial charge in [-0.1, -0.05) is 13.0 Å². The molecule has 0 amide bonds. The van der Waals surface area contributed by atoms with Crippen molar-refractivity contribution in [3.63, 3.8) is 0 Å². The number of benzene rings is 2. The van der Waals surface area contributed by atoms with Gasteiger partial charge in [-0.3, -0.25) is 0 Å². The van der Waals surface area contributed by atoms with Gasteiger partial charge in [0.15, 0.2) is 11.5 Å². The molecule has 4 nitrogen and oxygen atoms in total. The number of methoxy groups -OCH3 is 1. The summed E-state index contributed by atoms with van der Waals surface area (Å²) in [6, 6.07) is 10.1. The van der Waals surface area contributed by atoms with E-state index in [0.717, 1.165) is 28.6 Å². The topological polar surface area (TPSA) is 36.9 Å². The minimum Gasteiger partial charge on any atom is -0.496 e. The average Bonchev–Trinajstić information content (AvgIpc) is 3.00. The molecule has 1 unspecified atom stereocenters. The van der Waals surface area contributed by atoms with Crippen LogP contribution in [0.5, 0.6) is 23.0 Å². The van der Waals surface area contributed by atoms with Gasteiger partial charge >= 0.3 is 0 Å². The van der Waals surface area contributed by atoms with Crippen LogP contribution in [0, 0.1) is 6.92 Å². The van der Waals surface area contributed by atoms with Crippen LogP contribution < -0.4 is 18.9 Å². The predicted octanol–water partition coefficient (Wildman–Crippen LogP) is 4.28. The van der Waals surface area contributed by atoms with E-state index in [-0.39, 0.29) is 12.7 Å². The summed E-state index contributed by atoms with van der Waals surface area (Å²) in [6.07, 6.45) is 0. The molecule has 1 aliphatic heterocycles. The molecule has 1 heterocycles. The van der Waals surface area contributed by atoms with E-state index in [4.69, 9.17) is 18.9 Å². The highest BCUT2D eigenvalue weighted by molar-refractivity contribution is 5.55. The summed E-state index contributed by atoms with van der Waals surface area (Å²) in [7, 11) is 1.68. The predicted molar refractivity (Wildman–Crippen MR) is 89.0 cm³/mol. The van der Waals surface area contributed by atoms with E-state index in [1.165, 1.54) is 11.1 Å². The molecule has 3 rings (SSSR count).